The van der Waals surface area contributed by atoms with E-state index in [1.54, 1.807) is 11.8 Å². The second-order valence-corrected chi connectivity index (χ2v) is 6.89. The minimum Gasteiger partial charge on any atom is -0.361 e. The largest absolute Gasteiger partial charge is 0.361 e. The smallest absolute Gasteiger partial charge is 0.196 e. The van der Waals surface area contributed by atoms with Crippen molar-refractivity contribution in [3.8, 4) is 5.69 Å². The summed E-state index contributed by atoms with van der Waals surface area (Å²) in [4.78, 5) is 0. The zero-order valence-corrected chi connectivity index (χ0v) is 15.2. The van der Waals surface area contributed by atoms with Crippen LogP contribution in [0.25, 0.3) is 5.69 Å². The number of rotatable bonds is 6. The number of benzene rings is 2. The molecule has 0 fully saturated rings. The highest BCUT2D eigenvalue weighted by molar-refractivity contribution is 7.98. The number of hydrogen-bond donors (Lipinski definition) is 0. The van der Waals surface area contributed by atoms with E-state index in [0.717, 1.165) is 34.5 Å². The summed E-state index contributed by atoms with van der Waals surface area (Å²) < 4.78 is 7.26. The van der Waals surface area contributed by atoms with Crippen LogP contribution in [0.2, 0.25) is 0 Å². The third-order valence-electron chi connectivity index (χ3n) is 3.95. The molecule has 0 aliphatic carbocycles. The first-order valence-electron chi connectivity index (χ1n) is 8.38. The van der Waals surface area contributed by atoms with Crippen LogP contribution in [0.4, 0.5) is 0 Å². The van der Waals surface area contributed by atoms with Crippen LogP contribution in [0.5, 0.6) is 0 Å². The highest BCUT2D eigenvalue weighted by atomic mass is 32.2. The Bertz CT molecular complexity index is 979. The second kappa shape index (κ2) is 7.58. The van der Waals surface area contributed by atoms with Crippen LogP contribution in [-0.2, 0) is 12.2 Å². The van der Waals surface area contributed by atoms with Crippen LogP contribution >= 0.6 is 11.8 Å². The van der Waals surface area contributed by atoms with Crippen molar-refractivity contribution in [3.63, 3.8) is 0 Å². The molecular weight excluding hydrogens is 344 g/mol. The van der Waals surface area contributed by atoms with Crippen molar-refractivity contribution in [3.05, 3.63) is 89.6 Å². The lowest BCUT2D eigenvalue weighted by atomic mass is 10.1. The van der Waals surface area contributed by atoms with Crippen molar-refractivity contribution in [2.75, 3.05) is 0 Å². The molecule has 0 saturated carbocycles. The van der Waals surface area contributed by atoms with Gasteiger partial charge in [0.05, 0.1) is 5.69 Å². The summed E-state index contributed by atoms with van der Waals surface area (Å²) >= 11 is 1.61. The van der Waals surface area contributed by atoms with Crippen LogP contribution in [0.3, 0.4) is 0 Å². The molecule has 0 radical (unpaired) electrons. The standard InChI is InChI=1S/C20H18N4OS/c1-15-12-17(23-25-15)14-26-20-22-21-19(13-16-8-4-2-5-9-16)24(20)18-10-6-3-7-11-18/h2-12H,13-14H2,1H3. The van der Waals surface area contributed by atoms with Crippen LogP contribution in [0.1, 0.15) is 22.8 Å². The van der Waals surface area contributed by atoms with Gasteiger partial charge in [0.2, 0.25) is 0 Å². The topological polar surface area (TPSA) is 56.7 Å². The van der Waals surface area contributed by atoms with E-state index in [-0.39, 0.29) is 0 Å². The van der Waals surface area contributed by atoms with Gasteiger partial charge in [0.15, 0.2) is 5.16 Å². The van der Waals surface area contributed by atoms with Crippen LogP contribution < -0.4 is 0 Å². The van der Waals surface area contributed by atoms with Crippen molar-refractivity contribution >= 4 is 11.8 Å². The van der Waals surface area contributed by atoms with E-state index >= 15 is 0 Å². The Hall–Kier alpha value is -2.86. The molecule has 5 nitrogen and oxygen atoms in total. The van der Waals surface area contributed by atoms with E-state index in [1.807, 2.05) is 49.4 Å². The fraction of sp³-hybridized carbons (Fsp3) is 0.150. The quantitative estimate of drug-likeness (QED) is 0.474. The minimum absolute atomic E-state index is 0.688. The molecule has 2 aromatic heterocycles. The molecule has 0 aliphatic rings. The number of thioether (sulfide) groups is 1. The van der Waals surface area contributed by atoms with E-state index < -0.39 is 0 Å². The van der Waals surface area contributed by atoms with Gasteiger partial charge in [0, 0.05) is 23.9 Å². The van der Waals surface area contributed by atoms with Crippen LogP contribution in [-0.4, -0.2) is 19.9 Å². The summed E-state index contributed by atoms with van der Waals surface area (Å²) in [6.07, 6.45) is 0.729. The van der Waals surface area contributed by atoms with E-state index in [1.165, 1.54) is 5.56 Å². The molecule has 0 bridgehead atoms. The highest BCUT2D eigenvalue weighted by Gasteiger charge is 2.15. The normalized spacial score (nSPS) is 11.0. The zero-order valence-electron chi connectivity index (χ0n) is 14.4. The van der Waals surface area contributed by atoms with Gasteiger partial charge in [-0.2, -0.15) is 0 Å². The lowest BCUT2D eigenvalue weighted by molar-refractivity contribution is 0.393. The monoisotopic (exact) mass is 362 g/mol. The van der Waals surface area contributed by atoms with Gasteiger partial charge in [-0.3, -0.25) is 4.57 Å². The molecule has 0 amide bonds. The van der Waals surface area contributed by atoms with Gasteiger partial charge in [0.1, 0.15) is 11.6 Å². The minimum atomic E-state index is 0.688. The first-order valence-corrected chi connectivity index (χ1v) is 9.37. The number of para-hydroxylation sites is 1. The number of aromatic nitrogens is 4. The van der Waals surface area contributed by atoms with Crippen molar-refractivity contribution in [1.29, 1.82) is 0 Å². The third-order valence-corrected chi connectivity index (χ3v) is 4.91. The summed E-state index contributed by atoms with van der Waals surface area (Å²) in [5.41, 5.74) is 3.17. The average molecular weight is 362 g/mol. The molecule has 0 saturated heterocycles. The summed E-state index contributed by atoms with van der Waals surface area (Å²) in [6, 6.07) is 22.5. The third kappa shape index (κ3) is 3.70. The Balaban J connectivity index is 1.65. The lowest BCUT2D eigenvalue weighted by Crippen LogP contribution is -2.03. The highest BCUT2D eigenvalue weighted by Crippen LogP contribution is 2.26. The van der Waals surface area contributed by atoms with Crippen LogP contribution in [0, 0.1) is 6.92 Å². The van der Waals surface area contributed by atoms with E-state index in [0.29, 0.717) is 5.75 Å². The van der Waals surface area contributed by atoms with Crippen molar-refractivity contribution in [1.82, 2.24) is 19.9 Å². The molecule has 4 rings (SSSR count). The molecule has 2 heterocycles. The Kier molecular flexibility index (Phi) is 4.84. The molecular formula is C20H18N4OS. The number of nitrogens with zero attached hydrogens (tertiary/aromatic N) is 4. The van der Waals surface area contributed by atoms with Crippen LogP contribution in [0.15, 0.2) is 76.4 Å². The predicted octanol–water partition coefficient (Wildman–Crippen LogP) is 4.45. The fourth-order valence-corrected chi connectivity index (χ4v) is 3.60. The number of aryl methyl sites for hydroxylation is 1. The van der Waals surface area contributed by atoms with Gasteiger partial charge >= 0.3 is 0 Å². The Morgan fingerprint density at radius 2 is 1.69 bits per heavy atom. The van der Waals surface area contributed by atoms with E-state index in [2.05, 4.69) is 44.2 Å². The Morgan fingerprint density at radius 3 is 2.38 bits per heavy atom. The molecule has 130 valence electrons. The number of hydrogen-bond acceptors (Lipinski definition) is 5. The van der Waals surface area contributed by atoms with Crippen molar-refractivity contribution < 1.29 is 4.52 Å². The maximum absolute atomic E-state index is 5.15. The van der Waals surface area contributed by atoms with Gasteiger partial charge in [-0.05, 0) is 24.6 Å². The lowest BCUT2D eigenvalue weighted by Gasteiger charge is -2.10. The van der Waals surface area contributed by atoms with Crippen molar-refractivity contribution in [2.24, 2.45) is 0 Å². The van der Waals surface area contributed by atoms with Gasteiger partial charge < -0.3 is 4.52 Å². The second-order valence-electron chi connectivity index (χ2n) is 5.95. The van der Waals surface area contributed by atoms with Gasteiger partial charge in [-0.25, -0.2) is 0 Å². The maximum Gasteiger partial charge on any atom is 0.196 e. The zero-order chi connectivity index (χ0) is 17.8. The van der Waals surface area contributed by atoms with E-state index in [9.17, 15) is 0 Å². The first kappa shape index (κ1) is 16.6. The molecule has 0 atom stereocenters. The average Bonchev–Trinajstić information content (AvgIpc) is 3.27. The van der Waals surface area contributed by atoms with E-state index in [4.69, 9.17) is 4.52 Å². The Labute approximate surface area is 156 Å². The molecule has 26 heavy (non-hydrogen) atoms. The van der Waals surface area contributed by atoms with Gasteiger partial charge in [-0.15, -0.1) is 10.2 Å². The molecule has 0 aliphatic heterocycles. The molecule has 0 spiro atoms. The molecule has 6 heteroatoms. The fourth-order valence-electron chi connectivity index (χ4n) is 2.75. The molecule has 0 unspecified atom stereocenters. The molecule has 0 N–H and O–H groups in total. The molecule has 4 aromatic rings. The molecule has 2 aromatic carbocycles. The summed E-state index contributed by atoms with van der Waals surface area (Å²) in [5.74, 6) is 2.42. The summed E-state index contributed by atoms with van der Waals surface area (Å²) in [7, 11) is 0. The SMILES string of the molecule is Cc1cc(CSc2nnc(Cc3ccccc3)n2-c2ccccc2)no1. The summed E-state index contributed by atoms with van der Waals surface area (Å²) in [6.45, 7) is 1.89. The summed E-state index contributed by atoms with van der Waals surface area (Å²) in [5, 5.41) is 13.8. The first-order chi connectivity index (χ1) is 12.8. The maximum atomic E-state index is 5.15. The van der Waals surface area contributed by atoms with Crippen molar-refractivity contribution in [2.45, 2.75) is 24.3 Å². The van der Waals surface area contributed by atoms with Gasteiger partial charge in [-0.1, -0.05) is 65.4 Å². The predicted molar refractivity (Wildman–Crippen MR) is 101 cm³/mol. The Morgan fingerprint density at radius 1 is 0.962 bits per heavy atom. The van der Waals surface area contributed by atoms with Gasteiger partial charge in [0.25, 0.3) is 0 Å².